The number of methoxy groups -OCH3 is 2. The van der Waals surface area contributed by atoms with Crippen LogP contribution >= 0.6 is 11.6 Å². The molecule has 12 heteroatoms. The molecule has 3 heterocycles. The smallest absolute Gasteiger partial charge is 0.271 e. The monoisotopic (exact) mass is 664 g/mol. The molecule has 1 unspecified atom stereocenters. The highest BCUT2D eigenvalue weighted by atomic mass is 35.5. The fourth-order valence-corrected chi connectivity index (χ4v) is 8.43. The molecular formula is C34H37ClN4O6S. The second kappa shape index (κ2) is 12.7. The molecule has 6 rings (SSSR count). The molecule has 46 heavy (non-hydrogen) atoms. The molecule has 242 valence electrons. The van der Waals surface area contributed by atoms with E-state index in [1.807, 2.05) is 23.1 Å². The molecule has 1 aromatic heterocycles. The first-order valence-corrected chi connectivity index (χ1v) is 17.1. The summed E-state index contributed by atoms with van der Waals surface area (Å²) in [6.07, 6.45) is 4.46. The van der Waals surface area contributed by atoms with Gasteiger partial charge in [0.15, 0.2) is 5.54 Å². The van der Waals surface area contributed by atoms with E-state index in [4.69, 9.17) is 25.5 Å². The molecule has 1 fully saturated rings. The Kier molecular flexibility index (Phi) is 8.86. The largest absolute Gasteiger partial charge is 0.497 e. The van der Waals surface area contributed by atoms with E-state index < -0.39 is 27.5 Å². The van der Waals surface area contributed by atoms with Crippen LogP contribution in [-0.4, -0.2) is 63.0 Å². The molecule has 10 nitrogen and oxygen atoms in total. The molecule has 0 saturated carbocycles. The lowest BCUT2D eigenvalue weighted by molar-refractivity contribution is -0.127. The van der Waals surface area contributed by atoms with Gasteiger partial charge < -0.3 is 13.9 Å². The molecule has 1 saturated heterocycles. The lowest BCUT2D eigenvalue weighted by Crippen LogP contribution is -2.54. The SMILES string of the molecule is CCN(CC)Cc1ccc(OC)c(C2(N3CCC[C@H]3c3ncco3)C(=O)N(S(=O)(=O)c3ccc(OC)cc3)c3ccc(Cl)cc32)c1. The Labute approximate surface area is 274 Å². The number of aromatic nitrogens is 1. The molecule has 4 aromatic rings. The highest BCUT2D eigenvalue weighted by Crippen LogP contribution is 2.56. The number of hydrogen-bond donors (Lipinski definition) is 0. The summed E-state index contributed by atoms with van der Waals surface area (Å²) in [5.41, 5.74) is 0.496. The summed E-state index contributed by atoms with van der Waals surface area (Å²) in [6.45, 7) is 6.97. The summed E-state index contributed by atoms with van der Waals surface area (Å²) >= 11 is 6.67. The first-order chi connectivity index (χ1) is 22.2. The average Bonchev–Trinajstić information content (AvgIpc) is 3.82. The zero-order chi connectivity index (χ0) is 32.6. The molecule has 2 aliphatic heterocycles. The van der Waals surface area contributed by atoms with E-state index in [0.29, 0.717) is 53.0 Å². The third-order valence-corrected chi connectivity index (χ3v) is 11.0. The normalized spacial score (nSPS) is 20.0. The highest BCUT2D eigenvalue weighted by molar-refractivity contribution is 7.93. The van der Waals surface area contributed by atoms with Gasteiger partial charge in [-0.25, -0.2) is 17.7 Å². The summed E-state index contributed by atoms with van der Waals surface area (Å²) in [6, 6.07) is 16.3. The Hall–Kier alpha value is -3.90. The average molecular weight is 665 g/mol. The summed E-state index contributed by atoms with van der Waals surface area (Å²) in [4.78, 5) is 24.2. The molecule has 2 atom stereocenters. The van der Waals surface area contributed by atoms with Crippen molar-refractivity contribution >= 4 is 33.2 Å². The van der Waals surface area contributed by atoms with Crippen LogP contribution in [0.1, 0.15) is 55.3 Å². The molecular weight excluding hydrogens is 628 g/mol. The van der Waals surface area contributed by atoms with E-state index in [9.17, 15) is 8.42 Å². The minimum absolute atomic E-state index is 0.0497. The third kappa shape index (κ3) is 5.15. The van der Waals surface area contributed by atoms with Gasteiger partial charge in [0, 0.05) is 29.2 Å². The van der Waals surface area contributed by atoms with E-state index in [2.05, 4.69) is 23.7 Å². The number of fused-ring (bicyclic) bond motifs is 1. The fourth-order valence-electron chi connectivity index (χ4n) is 6.80. The Morgan fingerprint density at radius 3 is 2.43 bits per heavy atom. The minimum atomic E-state index is -4.41. The van der Waals surface area contributed by atoms with Gasteiger partial charge in [0.05, 0.1) is 37.0 Å². The number of ether oxygens (including phenoxy) is 2. The molecule has 0 bridgehead atoms. The van der Waals surface area contributed by atoms with Crippen molar-refractivity contribution in [2.24, 2.45) is 0 Å². The third-order valence-electron chi connectivity index (χ3n) is 9.03. The Morgan fingerprint density at radius 1 is 1.02 bits per heavy atom. The molecule has 1 amide bonds. The van der Waals surface area contributed by atoms with Crippen LogP contribution in [0.2, 0.25) is 5.02 Å². The summed E-state index contributed by atoms with van der Waals surface area (Å²) in [5.74, 6) is 0.735. The molecule has 0 N–H and O–H groups in total. The lowest BCUT2D eigenvalue weighted by atomic mass is 9.80. The standard InChI is InChI=1S/C34H37ClN4O6S/c1-5-37(6-2)22-23-9-16-31(44-4)28(20-23)34(38-18-7-8-30(38)32-36-17-19-45-32)27-21-24(35)10-15-29(27)39(33(34)40)46(41,42)26-13-11-25(43-3)12-14-26/h9-17,19-21,30H,5-8,18,22H2,1-4H3/t30-,34?/m0/s1. The number of halogens is 1. The first kappa shape index (κ1) is 32.1. The number of amides is 1. The second-order valence-electron chi connectivity index (χ2n) is 11.3. The molecule has 3 aromatic carbocycles. The number of hydrogen-bond acceptors (Lipinski definition) is 9. The molecule has 0 aliphatic carbocycles. The number of carbonyl (C=O) groups is 1. The van der Waals surface area contributed by atoms with Crippen LogP contribution in [0.5, 0.6) is 11.5 Å². The highest BCUT2D eigenvalue weighted by Gasteiger charge is 2.62. The van der Waals surface area contributed by atoms with Crippen molar-refractivity contribution in [1.29, 1.82) is 0 Å². The van der Waals surface area contributed by atoms with Gasteiger partial charge in [-0.2, -0.15) is 0 Å². The quantitative estimate of drug-likeness (QED) is 0.191. The zero-order valence-electron chi connectivity index (χ0n) is 26.3. The van der Waals surface area contributed by atoms with Crippen molar-refractivity contribution < 1.29 is 27.1 Å². The van der Waals surface area contributed by atoms with Gasteiger partial charge in [0.2, 0.25) is 5.89 Å². The van der Waals surface area contributed by atoms with Gasteiger partial charge in [-0.1, -0.05) is 31.5 Å². The second-order valence-corrected chi connectivity index (χ2v) is 13.6. The van der Waals surface area contributed by atoms with Crippen LogP contribution in [0.4, 0.5) is 5.69 Å². The maximum Gasteiger partial charge on any atom is 0.271 e. The number of oxazole rings is 1. The fraction of sp³-hybridized carbons (Fsp3) is 0.353. The summed E-state index contributed by atoms with van der Waals surface area (Å²) in [7, 11) is -1.35. The predicted molar refractivity (Wildman–Crippen MR) is 175 cm³/mol. The van der Waals surface area contributed by atoms with Gasteiger partial charge in [0.1, 0.15) is 17.8 Å². The number of nitrogens with zero attached hydrogens (tertiary/aromatic N) is 4. The first-order valence-electron chi connectivity index (χ1n) is 15.3. The van der Waals surface area contributed by atoms with Crippen molar-refractivity contribution in [3.8, 4) is 11.5 Å². The van der Waals surface area contributed by atoms with Crippen LogP contribution in [0.25, 0.3) is 0 Å². The van der Waals surface area contributed by atoms with Crippen molar-refractivity contribution in [2.75, 3.05) is 38.2 Å². The van der Waals surface area contributed by atoms with Gasteiger partial charge in [-0.3, -0.25) is 14.6 Å². The Morgan fingerprint density at radius 2 is 1.78 bits per heavy atom. The van der Waals surface area contributed by atoms with E-state index in [-0.39, 0.29) is 10.6 Å². The zero-order valence-corrected chi connectivity index (χ0v) is 27.8. The minimum Gasteiger partial charge on any atom is -0.497 e. The van der Waals surface area contributed by atoms with Crippen LogP contribution in [0, 0.1) is 0 Å². The maximum atomic E-state index is 15.5. The predicted octanol–water partition coefficient (Wildman–Crippen LogP) is 6.00. The van der Waals surface area contributed by atoms with Gasteiger partial charge in [-0.15, -0.1) is 0 Å². The van der Waals surface area contributed by atoms with E-state index in [1.165, 1.54) is 25.5 Å². The van der Waals surface area contributed by atoms with E-state index >= 15 is 4.79 Å². The topological polar surface area (TPSA) is 105 Å². The van der Waals surface area contributed by atoms with E-state index in [1.54, 1.807) is 43.6 Å². The van der Waals surface area contributed by atoms with E-state index in [0.717, 1.165) is 29.4 Å². The number of anilines is 1. The number of carbonyl (C=O) groups excluding carboxylic acids is 1. The van der Waals surface area contributed by atoms with Crippen LogP contribution in [0.15, 0.2) is 82.4 Å². The number of sulfonamides is 1. The Bertz CT molecular complexity index is 1830. The van der Waals surface area contributed by atoms with Crippen molar-refractivity contribution in [1.82, 2.24) is 14.8 Å². The Balaban J connectivity index is 1.65. The number of likely N-dealkylation sites (tertiary alicyclic amines) is 1. The number of rotatable bonds is 11. The van der Waals surface area contributed by atoms with Crippen LogP contribution in [0.3, 0.4) is 0 Å². The van der Waals surface area contributed by atoms with Crippen LogP contribution < -0.4 is 13.8 Å². The molecule has 0 radical (unpaired) electrons. The number of benzene rings is 3. The van der Waals surface area contributed by atoms with Crippen LogP contribution in [-0.2, 0) is 26.9 Å². The van der Waals surface area contributed by atoms with Gasteiger partial charge in [0.25, 0.3) is 15.9 Å². The molecule has 2 aliphatic rings. The maximum absolute atomic E-state index is 15.5. The van der Waals surface area contributed by atoms with Gasteiger partial charge in [-0.05, 0) is 86.1 Å². The van der Waals surface area contributed by atoms with Crippen molar-refractivity contribution in [3.05, 3.63) is 101 Å². The molecule has 0 spiro atoms. The van der Waals surface area contributed by atoms with Gasteiger partial charge >= 0.3 is 0 Å². The van der Waals surface area contributed by atoms with Crippen molar-refractivity contribution in [2.45, 2.75) is 49.7 Å². The summed E-state index contributed by atoms with van der Waals surface area (Å²) in [5, 5.41) is 0.366. The van der Waals surface area contributed by atoms with Crippen molar-refractivity contribution in [3.63, 3.8) is 0 Å². The lowest BCUT2D eigenvalue weighted by Gasteiger charge is -2.41. The summed E-state index contributed by atoms with van der Waals surface area (Å²) < 4.78 is 47.0.